The van der Waals surface area contributed by atoms with Gasteiger partial charge in [-0.25, -0.2) is 0 Å². The van der Waals surface area contributed by atoms with E-state index in [0.717, 1.165) is 31.4 Å². The lowest BCUT2D eigenvalue weighted by Crippen LogP contribution is -2.53. The average molecular weight is 540 g/mol. The van der Waals surface area contributed by atoms with Crippen LogP contribution in [0.15, 0.2) is 48.6 Å². The summed E-state index contributed by atoms with van der Waals surface area (Å²) in [5.41, 5.74) is 0.746. The number of amides is 3. The van der Waals surface area contributed by atoms with Crippen LogP contribution in [0.25, 0.3) is 0 Å². The Labute approximate surface area is 228 Å². The predicted molar refractivity (Wildman–Crippen MR) is 148 cm³/mol. The second-order valence-corrected chi connectivity index (χ2v) is 12.6. The summed E-state index contributed by atoms with van der Waals surface area (Å²) in [7, 11) is 3.39. The Morgan fingerprint density at radius 1 is 0.947 bits per heavy atom. The van der Waals surface area contributed by atoms with Gasteiger partial charge in [0.1, 0.15) is 11.8 Å². The molecule has 0 bridgehead atoms. The van der Waals surface area contributed by atoms with E-state index in [1.165, 1.54) is 0 Å². The van der Waals surface area contributed by atoms with Crippen molar-refractivity contribution < 1.29 is 24.2 Å². The summed E-state index contributed by atoms with van der Waals surface area (Å²) >= 11 is 1.61. The molecule has 0 saturated carbocycles. The van der Waals surface area contributed by atoms with E-state index in [1.54, 1.807) is 40.6 Å². The fourth-order valence-corrected chi connectivity index (χ4v) is 8.78. The molecule has 5 atom stereocenters. The maximum atomic E-state index is 14.4. The first-order valence-electron chi connectivity index (χ1n) is 13.4. The van der Waals surface area contributed by atoms with Crippen LogP contribution in [-0.2, 0) is 14.4 Å². The summed E-state index contributed by atoms with van der Waals surface area (Å²) in [6.45, 7) is 3.54. The third-order valence-corrected chi connectivity index (χ3v) is 10.2. The van der Waals surface area contributed by atoms with Crippen molar-refractivity contribution in [2.75, 3.05) is 45.3 Å². The minimum Gasteiger partial charge on any atom is -0.497 e. The van der Waals surface area contributed by atoms with Crippen molar-refractivity contribution in [1.29, 1.82) is 0 Å². The smallest absolute Gasteiger partial charge is 0.251 e. The van der Waals surface area contributed by atoms with Crippen LogP contribution in [0, 0.1) is 11.8 Å². The van der Waals surface area contributed by atoms with Gasteiger partial charge < -0.3 is 24.5 Å². The topological polar surface area (TPSA) is 90.4 Å². The lowest BCUT2D eigenvalue weighted by molar-refractivity contribution is -0.143. The monoisotopic (exact) mass is 539 g/mol. The van der Waals surface area contributed by atoms with Crippen LogP contribution in [-0.4, -0.2) is 88.6 Å². The van der Waals surface area contributed by atoms with Crippen LogP contribution >= 0.6 is 11.8 Å². The summed E-state index contributed by atoms with van der Waals surface area (Å²) in [5, 5.41) is 9.15. The number of carbonyl (C=O) groups excluding carboxylic acids is 3. The van der Waals surface area contributed by atoms with Crippen molar-refractivity contribution in [3.8, 4) is 5.75 Å². The number of aliphatic hydroxyl groups is 1. The number of fused-ring (bicyclic) bond motifs is 2. The van der Waals surface area contributed by atoms with Crippen molar-refractivity contribution in [2.24, 2.45) is 11.8 Å². The first kappa shape index (κ1) is 26.8. The van der Waals surface area contributed by atoms with Crippen LogP contribution in [0.1, 0.15) is 32.6 Å². The van der Waals surface area contributed by atoms with Gasteiger partial charge in [0.2, 0.25) is 11.8 Å². The molecule has 1 aromatic rings. The Morgan fingerprint density at radius 2 is 1.66 bits per heavy atom. The molecule has 0 aliphatic carbocycles. The molecule has 9 heteroatoms. The molecule has 2 saturated heterocycles. The van der Waals surface area contributed by atoms with Gasteiger partial charge in [-0.1, -0.05) is 37.1 Å². The van der Waals surface area contributed by atoms with E-state index in [0.29, 0.717) is 25.4 Å². The molecular weight excluding hydrogens is 502 g/mol. The third-order valence-electron chi connectivity index (χ3n) is 8.45. The Balaban J connectivity index is 1.56. The number of hydrogen-bond acceptors (Lipinski definition) is 6. The van der Waals surface area contributed by atoms with Gasteiger partial charge in [-0.15, -0.1) is 11.8 Å². The van der Waals surface area contributed by atoms with Gasteiger partial charge in [0, 0.05) is 43.7 Å². The zero-order chi connectivity index (χ0) is 27.1. The number of anilines is 1. The summed E-state index contributed by atoms with van der Waals surface area (Å²) in [4.78, 5) is 47.6. The SMILES string of the molecule is COc1ccc(N2CC=C[C@]34S[C@]5(C)C=CCN(C)C(=O)[C@@H]5[C@H]3C(=O)N(CCCCCCO)C4C2=O)cc1. The number of nitrogens with zero attached hydrogens (tertiary/aromatic N) is 3. The van der Waals surface area contributed by atoms with Gasteiger partial charge in [-0.3, -0.25) is 14.4 Å². The lowest BCUT2D eigenvalue weighted by Gasteiger charge is -2.37. The molecule has 38 heavy (non-hydrogen) atoms. The zero-order valence-electron chi connectivity index (χ0n) is 22.3. The number of hydrogen-bond donors (Lipinski definition) is 1. The summed E-state index contributed by atoms with van der Waals surface area (Å²) < 4.78 is 3.87. The second kappa shape index (κ2) is 10.4. The fourth-order valence-electron chi connectivity index (χ4n) is 6.62. The Kier molecular flexibility index (Phi) is 7.35. The van der Waals surface area contributed by atoms with Gasteiger partial charge >= 0.3 is 0 Å². The molecule has 1 aromatic carbocycles. The van der Waals surface area contributed by atoms with Gasteiger partial charge in [0.15, 0.2) is 0 Å². The normalized spacial score (nSPS) is 32.3. The van der Waals surface area contributed by atoms with E-state index < -0.39 is 27.4 Å². The van der Waals surface area contributed by atoms with E-state index in [2.05, 4.69) is 12.2 Å². The van der Waals surface area contributed by atoms with Gasteiger partial charge in [0.05, 0.1) is 23.7 Å². The first-order valence-corrected chi connectivity index (χ1v) is 14.3. The molecule has 1 unspecified atom stereocenters. The van der Waals surface area contributed by atoms with Crippen LogP contribution in [0.2, 0.25) is 0 Å². The molecule has 4 aliphatic rings. The van der Waals surface area contributed by atoms with Crippen molar-refractivity contribution >= 4 is 35.2 Å². The Bertz CT molecular complexity index is 1150. The minimum absolute atomic E-state index is 0.0409. The highest BCUT2D eigenvalue weighted by atomic mass is 32.2. The number of aliphatic hydroxyl groups excluding tert-OH is 1. The summed E-state index contributed by atoms with van der Waals surface area (Å²) in [6, 6.07) is 6.68. The number of benzene rings is 1. The number of ether oxygens (including phenoxy) is 1. The molecule has 8 nitrogen and oxygen atoms in total. The van der Waals surface area contributed by atoms with E-state index in [1.807, 2.05) is 43.3 Å². The van der Waals surface area contributed by atoms with E-state index in [9.17, 15) is 14.4 Å². The van der Waals surface area contributed by atoms with Crippen molar-refractivity contribution in [1.82, 2.24) is 9.80 Å². The average Bonchev–Trinajstić information content (AvgIpc) is 3.18. The van der Waals surface area contributed by atoms with Crippen LogP contribution in [0.4, 0.5) is 5.69 Å². The van der Waals surface area contributed by atoms with E-state index in [-0.39, 0.29) is 24.3 Å². The third kappa shape index (κ3) is 4.24. The quantitative estimate of drug-likeness (QED) is 0.404. The number of likely N-dealkylation sites (N-methyl/N-ethyl adjacent to an activating group) is 1. The minimum atomic E-state index is -0.835. The molecule has 4 heterocycles. The van der Waals surface area contributed by atoms with Gasteiger partial charge in [-0.05, 0) is 44.0 Å². The number of thioether (sulfide) groups is 1. The number of methoxy groups -OCH3 is 1. The molecule has 3 amide bonds. The standard InChI is InChI=1S/C29H37N3O5S/c1-28-14-8-16-30(2)25(34)22(28)23-26(35)32(17-6-4-5-7-19-33)24-27(36)31(18-9-15-29(23,24)38-28)20-10-12-21(37-3)13-11-20/h8-15,22-24,33H,4-7,16-19H2,1-3H3/t22-,23-,24?,28+,29-/m0/s1. The maximum absolute atomic E-state index is 14.4. The van der Waals surface area contributed by atoms with Gasteiger partial charge in [-0.2, -0.15) is 0 Å². The Morgan fingerprint density at radius 3 is 2.37 bits per heavy atom. The van der Waals surface area contributed by atoms with Crippen LogP contribution < -0.4 is 9.64 Å². The summed E-state index contributed by atoms with van der Waals surface area (Å²) in [5.74, 6) is -0.726. The van der Waals surface area contributed by atoms with Crippen LogP contribution in [0.3, 0.4) is 0 Å². The number of carbonyl (C=O) groups is 3. The molecular formula is C29H37N3O5S. The molecule has 4 aliphatic heterocycles. The van der Waals surface area contributed by atoms with Crippen LogP contribution in [0.5, 0.6) is 5.75 Å². The molecule has 2 fully saturated rings. The number of rotatable bonds is 8. The number of unbranched alkanes of at least 4 members (excludes halogenated alkanes) is 3. The molecule has 1 N–H and O–H groups in total. The summed E-state index contributed by atoms with van der Waals surface area (Å²) in [6.07, 6.45) is 11.3. The maximum Gasteiger partial charge on any atom is 0.251 e. The van der Waals surface area contributed by atoms with Crippen molar-refractivity contribution in [3.63, 3.8) is 0 Å². The predicted octanol–water partition coefficient (Wildman–Crippen LogP) is 2.87. The molecule has 0 radical (unpaired) electrons. The lowest BCUT2D eigenvalue weighted by atomic mass is 9.74. The van der Waals surface area contributed by atoms with Crippen molar-refractivity contribution in [2.45, 2.75) is 48.1 Å². The Hall–Kier alpha value is -2.78. The van der Waals surface area contributed by atoms with Crippen molar-refractivity contribution in [3.05, 3.63) is 48.6 Å². The van der Waals surface area contributed by atoms with E-state index in [4.69, 9.17) is 9.84 Å². The fraction of sp³-hybridized carbons (Fsp3) is 0.552. The second-order valence-electron chi connectivity index (χ2n) is 10.8. The molecule has 1 spiro atoms. The molecule has 204 valence electrons. The number of likely N-dealkylation sites (tertiary alicyclic amines) is 1. The highest BCUT2D eigenvalue weighted by Crippen LogP contribution is 2.65. The molecule has 0 aromatic heterocycles. The first-order chi connectivity index (χ1) is 18.3. The molecule has 5 rings (SSSR count). The van der Waals surface area contributed by atoms with E-state index >= 15 is 0 Å². The van der Waals surface area contributed by atoms with Gasteiger partial charge in [0.25, 0.3) is 5.91 Å². The highest BCUT2D eigenvalue weighted by molar-refractivity contribution is 8.02. The largest absolute Gasteiger partial charge is 0.497 e. The highest BCUT2D eigenvalue weighted by Gasteiger charge is 2.73. The zero-order valence-corrected chi connectivity index (χ0v) is 23.2.